The van der Waals surface area contributed by atoms with Gasteiger partial charge in [-0.3, -0.25) is 0 Å². The van der Waals surface area contributed by atoms with E-state index in [0.717, 1.165) is 24.6 Å². The van der Waals surface area contributed by atoms with Gasteiger partial charge in [-0.2, -0.15) is 0 Å². The van der Waals surface area contributed by atoms with Crippen molar-refractivity contribution in [1.82, 2.24) is 9.97 Å². The fourth-order valence-corrected chi connectivity index (χ4v) is 4.22. The van der Waals surface area contributed by atoms with Crippen molar-refractivity contribution in [2.75, 3.05) is 22.1 Å². The molecule has 2 heterocycles. The van der Waals surface area contributed by atoms with E-state index in [1.54, 1.807) is 6.33 Å². The Labute approximate surface area is 182 Å². The summed E-state index contributed by atoms with van der Waals surface area (Å²) in [5.41, 5.74) is 12.3. The summed E-state index contributed by atoms with van der Waals surface area (Å²) in [5, 5.41) is 0. The first-order valence-corrected chi connectivity index (χ1v) is 10.6. The summed E-state index contributed by atoms with van der Waals surface area (Å²) in [7, 11) is 0. The minimum atomic E-state index is 0.617. The van der Waals surface area contributed by atoms with Crippen LogP contribution in [0.2, 0.25) is 0 Å². The second-order valence-electron chi connectivity index (χ2n) is 7.79. The lowest BCUT2D eigenvalue weighted by Crippen LogP contribution is -2.26. The maximum atomic E-state index is 6.72. The zero-order valence-electron chi connectivity index (χ0n) is 17.4. The molecular formula is C26H25N5. The largest absolute Gasteiger partial charge is 0.393 e. The molecular weight excluding hydrogens is 382 g/mol. The predicted molar refractivity (Wildman–Crippen MR) is 126 cm³/mol. The number of nitrogens with zero attached hydrogens (tertiary/aromatic N) is 4. The molecule has 3 aromatic carbocycles. The van der Waals surface area contributed by atoms with Crippen molar-refractivity contribution in [1.29, 1.82) is 0 Å². The summed E-state index contributed by atoms with van der Waals surface area (Å²) in [6.45, 7) is 2.30. The van der Waals surface area contributed by atoms with E-state index >= 15 is 0 Å². The van der Waals surface area contributed by atoms with Crippen LogP contribution in [0.4, 0.5) is 23.0 Å². The van der Waals surface area contributed by atoms with E-state index in [1.165, 1.54) is 22.4 Å². The molecule has 0 radical (unpaired) electrons. The van der Waals surface area contributed by atoms with Crippen LogP contribution in [0.1, 0.15) is 16.7 Å². The van der Waals surface area contributed by atoms with Gasteiger partial charge in [0.25, 0.3) is 0 Å². The molecule has 5 rings (SSSR count). The van der Waals surface area contributed by atoms with Gasteiger partial charge in [0.1, 0.15) is 12.0 Å². The molecule has 0 unspecified atom stereocenters. The molecule has 0 saturated heterocycles. The Morgan fingerprint density at radius 1 is 0.774 bits per heavy atom. The first-order chi connectivity index (χ1) is 15.3. The van der Waals surface area contributed by atoms with Crippen LogP contribution in [0.25, 0.3) is 0 Å². The van der Waals surface area contributed by atoms with E-state index in [0.29, 0.717) is 18.8 Å². The first kappa shape index (κ1) is 19.1. The van der Waals surface area contributed by atoms with Crippen molar-refractivity contribution in [3.8, 4) is 0 Å². The van der Waals surface area contributed by atoms with E-state index in [2.05, 4.69) is 92.6 Å². The lowest BCUT2D eigenvalue weighted by molar-refractivity contribution is 0.781. The smallest absolute Gasteiger partial charge is 0.161 e. The summed E-state index contributed by atoms with van der Waals surface area (Å²) in [5.74, 6) is 1.54. The number of para-hydroxylation sites is 1. The molecule has 31 heavy (non-hydrogen) atoms. The number of anilines is 4. The number of rotatable bonds is 6. The topological polar surface area (TPSA) is 58.3 Å². The Bertz CT molecular complexity index is 1120. The van der Waals surface area contributed by atoms with Crippen LogP contribution in [0.15, 0.2) is 91.3 Å². The highest BCUT2D eigenvalue weighted by Gasteiger charge is 2.25. The van der Waals surface area contributed by atoms with Gasteiger partial charge in [-0.05, 0) is 29.2 Å². The highest BCUT2D eigenvalue weighted by molar-refractivity contribution is 5.81. The molecule has 5 heteroatoms. The molecule has 0 bridgehead atoms. The summed E-state index contributed by atoms with van der Waals surface area (Å²) in [4.78, 5) is 13.6. The Morgan fingerprint density at radius 2 is 1.39 bits per heavy atom. The van der Waals surface area contributed by atoms with Crippen molar-refractivity contribution in [2.24, 2.45) is 0 Å². The SMILES string of the molecule is Nc1c(N(Cc2ccccc2)Cc2ccccc2)ncnc1N1CCc2ccccc21. The van der Waals surface area contributed by atoms with Crippen LogP contribution in [0.3, 0.4) is 0 Å². The molecule has 0 atom stereocenters. The Morgan fingerprint density at radius 3 is 2.06 bits per heavy atom. The van der Waals surface area contributed by atoms with Crippen molar-refractivity contribution >= 4 is 23.0 Å². The quantitative estimate of drug-likeness (QED) is 0.490. The van der Waals surface area contributed by atoms with Gasteiger partial charge in [-0.15, -0.1) is 0 Å². The van der Waals surface area contributed by atoms with Crippen LogP contribution in [0, 0.1) is 0 Å². The van der Waals surface area contributed by atoms with Gasteiger partial charge in [0.2, 0.25) is 0 Å². The average molecular weight is 408 g/mol. The molecule has 4 aromatic rings. The molecule has 0 amide bonds. The number of aromatic nitrogens is 2. The van der Waals surface area contributed by atoms with Gasteiger partial charge >= 0.3 is 0 Å². The molecule has 0 aliphatic carbocycles. The third-order valence-corrected chi connectivity index (χ3v) is 5.72. The molecule has 1 aliphatic rings. The summed E-state index contributed by atoms with van der Waals surface area (Å²) >= 11 is 0. The number of nitrogens with two attached hydrogens (primary N) is 1. The predicted octanol–water partition coefficient (Wildman–Crippen LogP) is 4.96. The zero-order valence-corrected chi connectivity index (χ0v) is 17.4. The van der Waals surface area contributed by atoms with E-state index in [4.69, 9.17) is 5.73 Å². The van der Waals surface area contributed by atoms with Crippen molar-refractivity contribution in [3.05, 3.63) is 108 Å². The van der Waals surface area contributed by atoms with Gasteiger partial charge < -0.3 is 15.5 Å². The van der Waals surface area contributed by atoms with Crippen LogP contribution in [0.5, 0.6) is 0 Å². The first-order valence-electron chi connectivity index (χ1n) is 10.6. The summed E-state index contributed by atoms with van der Waals surface area (Å²) in [6.07, 6.45) is 2.62. The molecule has 2 N–H and O–H groups in total. The van der Waals surface area contributed by atoms with Gasteiger partial charge in [0.05, 0.1) is 0 Å². The minimum absolute atomic E-state index is 0.617. The van der Waals surface area contributed by atoms with Crippen molar-refractivity contribution < 1.29 is 0 Å². The molecule has 5 nitrogen and oxygen atoms in total. The van der Waals surface area contributed by atoms with Crippen molar-refractivity contribution in [3.63, 3.8) is 0 Å². The molecule has 1 aliphatic heterocycles. The zero-order chi connectivity index (χ0) is 21.0. The lowest BCUT2D eigenvalue weighted by atomic mass is 10.1. The number of hydrogen-bond donors (Lipinski definition) is 1. The highest BCUT2D eigenvalue weighted by Crippen LogP contribution is 2.39. The van der Waals surface area contributed by atoms with E-state index in [1.807, 2.05) is 12.1 Å². The van der Waals surface area contributed by atoms with Crippen LogP contribution in [-0.4, -0.2) is 16.5 Å². The van der Waals surface area contributed by atoms with Crippen LogP contribution >= 0.6 is 0 Å². The minimum Gasteiger partial charge on any atom is -0.393 e. The third-order valence-electron chi connectivity index (χ3n) is 5.72. The Kier molecular flexibility index (Phi) is 5.23. The maximum absolute atomic E-state index is 6.72. The van der Waals surface area contributed by atoms with E-state index < -0.39 is 0 Å². The second kappa shape index (κ2) is 8.48. The number of hydrogen-bond acceptors (Lipinski definition) is 5. The normalized spacial score (nSPS) is 12.6. The second-order valence-corrected chi connectivity index (χ2v) is 7.79. The Hall–Kier alpha value is -3.86. The third kappa shape index (κ3) is 3.94. The van der Waals surface area contributed by atoms with Crippen molar-refractivity contribution in [2.45, 2.75) is 19.5 Å². The number of benzene rings is 3. The van der Waals surface area contributed by atoms with Gasteiger partial charge in [0, 0.05) is 25.3 Å². The maximum Gasteiger partial charge on any atom is 0.161 e. The monoisotopic (exact) mass is 407 g/mol. The van der Waals surface area contributed by atoms with Crippen LogP contribution in [-0.2, 0) is 19.5 Å². The highest BCUT2D eigenvalue weighted by atomic mass is 15.3. The van der Waals surface area contributed by atoms with Crippen LogP contribution < -0.4 is 15.5 Å². The summed E-state index contributed by atoms with van der Waals surface area (Å²) < 4.78 is 0. The lowest BCUT2D eigenvalue weighted by Gasteiger charge is -2.28. The number of nitrogen functional groups attached to an aromatic ring is 1. The van der Waals surface area contributed by atoms with Gasteiger partial charge in [-0.25, -0.2) is 9.97 Å². The van der Waals surface area contributed by atoms with E-state index in [9.17, 15) is 0 Å². The van der Waals surface area contributed by atoms with Gasteiger partial charge in [-0.1, -0.05) is 78.9 Å². The number of fused-ring (bicyclic) bond motifs is 1. The fourth-order valence-electron chi connectivity index (χ4n) is 4.22. The Balaban J connectivity index is 1.53. The molecule has 1 aromatic heterocycles. The fraction of sp³-hybridized carbons (Fsp3) is 0.154. The van der Waals surface area contributed by atoms with E-state index in [-0.39, 0.29) is 0 Å². The molecule has 0 spiro atoms. The van der Waals surface area contributed by atoms with Gasteiger partial charge in [0.15, 0.2) is 11.6 Å². The standard InChI is InChI=1S/C26H25N5/c27-24-25(28-19-29-26(24)31-16-15-22-13-7-8-14-23(22)31)30(17-20-9-3-1-4-10-20)18-21-11-5-2-6-12-21/h1-14,19H,15-18,27H2. The molecule has 0 saturated carbocycles. The molecule has 154 valence electrons. The molecule has 0 fully saturated rings. The average Bonchev–Trinajstić information content (AvgIpc) is 3.24. The summed E-state index contributed by atoms with van der Waals surface area (Å²) in [6, 6.07) is 29.3.